The van der Waals surface area contributed by atoms with Gasteiger partial charge in [0.2, 0.25) is 0 Å². The third-order valence-electron chi connectivity index (χ3n) is 6.95. The monoisotopic (exact) mass is 400 g/mol. The van der Waals surface area contributed by atoms with E-state index in [4.69, 9.17) is 9.47 Å². The highest BCUT2D eigenvalue weighted by Crippen LogP contribution is 2.29. The Bertz CT molecular complexity index is 590. The second-order valence-corrected chi connectivity index (χ2v) is 9.19. The Kier molecular flexibility index (Phi) is 7.98. The molecule has 0 unspecified atom stereocenters. The minimum atomic E-state index is 0.562. The van der Waals surface area contributed by atoms with Crippen molar-refractivity contribution in [2.45, 2.75) is 89.5 Å². The molecule has 4 aliphatic rings. The summed E-state index contributed by atoms with van der Waals surface area (Å²) in [5.74, 6) is 2.80. The van der Waals surface area contributed by atoms with E-state index in [2.05, 4.69) is 28.2 Å². The van der Waals surface area contributed by atoms with Crippen molar-refractivity contribution in [2.75, 3.05) is 32.8 Å². The van der Waals surface area contributed by atoms with Crippen molar-refractivity contribution in [3.63, 3.8) is 0 Å². The lowest BCUT2D eigenvalue weighted by atomic mass is 9.96. The summed E-state index contributed by atoms with van der Waals surface area (Å²) >= 11 is 0. The smallest absolute Gasteiger partial charge is 0.164 e. The minimum Gasteiger partial charge on any atom is -0.482 e. The molecule has 0 aromatic heterocycles. The van der Waals surface area contributed by atoms with Crippen LogP contribution in [-0.2, 0) is 9.47 Å². The Labute approximate surface area is 177 Å². The molecule has 162 valence electrons. The first-order valence-electron chi connectivity index (χ1n) is 12.3. The van der Waals surface area contributed by atoms with Crippen LogP contribution < -0.4 is 0 Å². The molecule has 2 aliphatic heterocycles. The average Bonchev–Trinajstić information content (AvgIpc) is 2.75. The molecule has 0 spiro atoms. The summed E-state index contributed by atoms with van der Waals surface area (Å²) in [6, 6.07) is 0.804. The van der Waals surface area contributed by atoms with Gasteiger partial charge < -0.3 is 14.4 Å². The van der Waals surface area contributed by atoms with Crippen LogP contribution in [0.5, 0.6) is 0 Å². The van der Waals surface area contributed by atoms with Gasteiger partial charge in [-0.2, -0.15) is 0 Å². The van der Waals surface area contributed by atoms with Crippen LogP contribution in [0.25, 0.3) is 0 Å². The second-order valence-electron chi connectivity index (χ2n) is 9.19. The molecule has 4 heteroatoms. The van der Waals surface area contributed by atoms with Gasteiger partial charge in [-0.3, -0.25) is 4.90 Å². The quantitative estimate of drug-likeness (QED) is 0.591. The third kappa shape index (κ3) is 6.28. The number of piperazine rings is 1. The van der Waals surface area contributed by atoms with Crippen molar-refractivity contribution in [1.29, 1.82) is 0 Å². The molecular formula is C25H40N2O2. The minimum absolute atomic E-state index is 0.562. The molecule has 2 aliphatic carbocycles. The molecule has 4 rings (SSSR count). The van der Waals surface area contributed by atoms with E-state index in [1.54, 1.807) is 0 Å². The predicted octanol–water partition coefficient (Wildman–Crippen LogP) is 5.73. The van der Waals surface area contributed by atoms with Crippen molar-refractivity contribution < 1.29 is 9.47 Å². The van der Waals surface area contributed by atoms with E-state index in [-0.39, 0.29) is 0 Å². The maximum absolute atomic E-state index is 6.09. The normalized spacial score (nSPS) is 27.6. The van der Waals surface area contributed by atoms with Gasteiger partial charge in [0.1, 0.15) is 6.61 Å². The number of nitrogens with zero attached hydrogens (tertiary/aromatic N) is 2. The first-order chi connectivity index (χ1) is 14.4. The molecule has 0 aromatic carbocycles. The molecule has 3 fully saturated rings. The van der Waals surface area contributed by atoms with Crippen molar-refractivity contribution >= 4 is 0 Å². The van der Waals surface area contributed by atoms with E-state index < -0.39 is 0 Å². The van der Waals surface area contributed by atoms with Gasteiger partial charge in [-0.15, -0.1) is 0 Å². The summed E-state index contributed by atoms with van der Waals surface area (Å²) in [5.41, 5.74) is 0. The molecule has 0 radical (unpaired) electrons. The highest BCUT2D eigenvalue weighted by molar-refractivity contribution is 5.28. The second kappa shape index (κ2) is 11.1. The zero-order valence-corrected chi connectivity index (χ0v) is 18.2. The topological polar surface area (TPSA) is 24.9 Å². The standard InChI is InChI=1S/C25H40N2O2/c1-2-4-6-8-12-22(13-9-7-5-3-1)27-18-16-26(17-19-27)20-23-21-28-24-14-10-11-15-25(24)29-23/h14-15,20,22H,1-13,16-19,21H2/b23-20+. The van der Waals surface area contributed by atoms with Crippen molar-refractivity contribution in [2.24, 2.45) is 0 Å². The lowest BCUT2D eigenvalue weighted by molar-refractivity contribution is 0.0891. The first kappa shape index (κ1) is 20.8. The van der Waals surface area contributed by atoms with Gasteiger partial charge in [0.25, 0.3) is 0 Å². The number of hydrogen-bond acceptors (Lipinski definition) is 4. The summed E-state index contributed by atoms with van der Waals surface area (Å²) in [4.78, 5) is 5.21. The van der Waals surface area contributed by atoms with Gasteiger partial charge >= 0.3 is 0 Å². The third-order valence-corrected chi connectivity index (χ3v) is 6.95. The number of fused-ring (bicyclic) bond motifs is 1. The Morgan fingerprint density at radius 2 is 1.31 bits per heavy atom. The fraction of sp³-hybridized carbons (Fsp3) is 0.760. The largest absolute Gasteiger partial charge is 0.482 e. The number of allylic oxidation sites excluding steroid dienone is 2. The van der Waals surface area contributed by atoms with Crippen LogP contribution in [0.2, 0.25) is 0 Å². The van der Waals surface area contributed by atoms with Gasteiger partial charge in [-0.25, -0.2) is 0 Å². The molecular weight excluding hydrogens is 360 g/mol. The fourth-order valence-electron chi connectivity index (χ4n) is 5.18. The predicted molar refractivity (Wildman–Crippen MR) is 118 cm³/mol. The van der Waals surface area contributed by atoms with Crippen LogP contribution in [-0.4, -0.2) is 48.6 Å². The molecule has 4 nitrogen and oxygen atoms in total. The molecule has 0 aromatic rings. The summed E-state index contributed by atoms with van der Waals surface area (Å²) in [6.07, 6.45) is 24.4. The highest BCUT2D eigenvalue weighted by Gasteiger charge is 2.25. The summed E-state index contributed by atoms with van der Waals surface area (Å²) < 4.78 is 12.0. The van der Waals surface area contributed by atoms with Crippen molar-refractivity contribution in [3.05, 3.63) is 35.6 Å². The van der Waals surface area contributed by atoms with Crippen LogP contribution >= 0.6 is 0 Å². The molecule has 2 saturated heterocycles. The van der Waals surface area contributed by atoms with Gasteiger partial charge in [-0.1, -0.05) is 57.8 Å². The summed E-state index contributed by atoms with van der Waals surface area (Å²) in [6.45, 7) is 5.13. The van der Waals surface area contributed by atoms with Gasteiger partial charge in [0.05, 0.1) is 0 Å². The summed E-state index contributed by atoms with van der Waals surface area (Å²) in [5, 5.41) is 0. The zero-order valence-electron chi connectivity index (χ0n) is 18.2. The first-order valence-corrected chi connectivity index (χ1v) is 12.3. The zero-order chi connectivity index (χ0) is 19.7. The molecule has 0 amide bonds. The van der Waals surface area contributed by atoms with E-state index in [9.17, 15) is 0 Å². The fourth-order valence-corrected chi connectivity index (χ4v) is 5.18. The summed E-state index contributed by atoms with van der Waals surface area (Å²) in [7, 11) is 0. The Balaban J connectivity index is 1.25. The van der Waals surface area contributed by atoms with Gasteiger partial charge in [0, 0.05) is 38.4 Å². The Morgan fingerprint density at radius 1 is 0.724 bits per heavy atom. The number of rotatable bonds is 2. The van der Waals surface area contributed by atoms with Crippen LogP contribution in [0, 0.1) is 0 Å². The molecule has 0 N–H and O–H groups in total. The van der Waals surface area contributed by atoms with Crippen LogP contribution in [0.1, 0.15) is 83.5 Å². The van der Waals surface area contributed by atoms with Crippen LogP contribution in [0.15, 0.2) is 35.6 Å². The highest BCUT2D eigenvalue weighted by atomic mass is 16.6. The van der Waals surface area contributed by atoms with Gasteiger partial charge in [0.15, 0.2) is 17.3 Å². The van der Waals surface area contributed by atoms with E-state index in [0.717, 1.165) is 49.3 Å². The van der Waals surface area contributed by atoms with E-state index >= 15 is 0 Å². The maximum atomic E-state index is 6.09. The Hall–Kier alpha value is -1.42. The van der Waals surface area contributed by atoms with E-state index in [0.29, 0.717) is 6.61 Å². The van der Waals surface area contributed by atoms with E-state index in [1.807, 2.05) is 0 Å². The SMILES string of the molecule is C1=C2OC/C(=C\N3CCN(C4CCCCCCCCCCC4)CC3)OC2=CCC1. The van der Waals surface area contributed by atoms with Crippen LogP contribution in [0.4, 0.5) is 0 Å². The lowest BCUT2D eigenvalue weighted by Gasteiger charge is -2.39. The van der Waals surface area contributed by atoms with E-state index in [1.165, 1.54) is 83.7 Å². The number of hydrogen-bond donors (Lipinski definition) is 0. The van der Waals surface area contributed by atoms with Gasteiger partial charge in [-0.05, 0) is 37.8 Å². The molecule has 0 atom stereocenters. The molecule has 1 saturated carbocycles. The lowest BCUT2D eigenvalue weighted by Crippen LogP contribution is -2.48. The van der Waals surface area contributed by atoms with Crippen molar-refractivity contribution in [1.82, 2.24) is 9.80 Å². The molecule has 2 heterocycles. The molecule has 0 bridgehead atoms. The average molecular weight is 401 g/mol. The molecule has 29 heavy (non-hydrogen) atoms. The number of ether oxygens (including phenoxy) is 2. The van der Waals surface area contributed by atoms with Crippen LogP contribution in [0.3, 0.4) is 0 Å². The maximum Gasteiger partial charge on any atom is 0.164 e. The van der Waals surface area contributed by atoms with Crippen molar-refractivity contribution in [3.8, 4) is 0 Å². The Morgan fingerprint density at radius 3 is 1.97 bits per heavy atom.